The Morgan fingerprint density at radius 3 is 1.40 bits per heavy atom. The van der Waals surface area contributed by atoms with Crippen LogP contribution in [-0.4, -0.2) is 37.0 Å². The molecule has 0 saturated carbocycles. The molecule has 1 atom stereocenters. The van der Waals surface area contributed by atoms with Gasteiger partial charge in [-0.25, -0.2) is 0 Å². The second-order valence-electron chi connectivity index (χ2n) is 13.0. The first kappa shape index (κ1) is 43.6. The topological polar surface area (TPSA) is 55.8 Å². The monoisotopic (exact) mass is 633 g/mol. The molecule has 0 radical (unpaired) electrons. The Bertz CT molecular complexity index is 668. The highest BCUT2D eigenvalue weighted by Crippen LogP contribution is 2.13. The van der Waals surface area contributed by atoms with Crippen LogP contribution in [0.4, 0.5) is 0 Å². The number of ether oxygens (including phenoxy) is 2. The van der Waals surface area contributed by atoms with Crippen LogP contribution < -0.4 is 0 Å². The van der Waals surface area contributed by atoms with E-state index in [1.54, 1.807) is 0 Å². The minimum absolute atomic E-state index is 0.172. The summed E-state index contributed by atoms with van der Waals surface area (Å²) >= 11 is 0. The summed E-state index contributed by atoms with van der Waals surface area (Å²) in [6.07, 6.45) is 47.7. The predicted molar refractivity (Wildman–Crippen MR) is 196 cm³/mol. The molecule has 0 aromatic rings. The Hall–Kier alpha value is -1.39. The van der Waals surface area contributed by atoms with Gasteiger partial charge in [-0.1, -0.05) is 172 Å². The van der Waals surface area contributed by atoms with Crippen LogP contribution in [0.15, 0.2) is 36.5 Å². The van der Waals surface area contributed by atoms with Crippen molar-refractivity contribution in [2.45, 2.75) is 200 Å². The smallest absolute Gasteiger partial charge is 0.306 e. The third kappa shape index (κ3) is 36.9. The lowest BCUT2D eigenvalue weighted by atomic mass is 10.1. The largest absolute Gasteiger partial charge is 0.457 e. The average Bonchev–Trinajstić information content (AvgIpc) is 3.05. The molecule has 4 nitrogen and oxygen atoms in total. The second-order valence-corrected chi connectivity index (χ2v) is 13.0. The van der Waals surface area contributed by atoms with Gasteiger partial charge in [0, 0.05) is 13.0 Å². The molecule has 0 aliphatic rings. The molecule has 264 valence electrons. The lowest BCUT2D eigenvalue weighted by molar-refractivity contribution is -0.154. The van der Waals surface area contributed by atoms with Crippen LogP contribution in [-0.2, 0) is 14.3 Å². The summed E-state index contributed by atoms with van der Waals surface area (Å²) in [6.45, 7) is 5.31. The van der Waals surface area contributed by atoms with Crippen LogP contribution in [0.3, 0.4) is 0 Å². The van der Waals surface area contributed by atoms with E-state index >= 15 is 0 Å². The minimum Gasteiger partial charge on any atom is -0.457 e. The number of carbonyl (C=O) groups is 1. The molecule has 0 aromatic carbocycles. The van der Waals surface area contributed by atoms with E-state index < -0.39 is 6.10 Å². The highest BCUT2D eigenvalue weighted by atomic mass is 16.6. The second kappa shape index (κ2) is 38.8. The Labute approximate surface area is 280 Å². The van der Waals surface area contributed by atoms with Crippen molar-refractivity contribution in [2.75, 3.05) is 19.8 Å². The van der Waals surface area contributed by atoms with Gasteiger partial charge in [0.2, 0.25) is 0 Å². The number of hydrogen-bond donors (Lipinski definition) is 1. The van der Waals surface area contributed by atoms with Crippen molar-refractivity contribution in [3.05, 3.63) is 36.5 Å². The molecule has 0 fully saturated rings. The number of hydrogen-bond acceptors (Lipinski definition) is 4. The van der Waals surface area contributed by atoms with E-state index in [0.29, 0.717) is 19.6 Å². The van der Waals surface area contributed by atoms with Crippen LogP contribution in [0, 0.1) is 0 Å². The quantitative estimate of drug-likeness (QED) is 0.0424. The normalized spacial score (nSPS) is 12.7. The number of esters is 1. The van der Waals surface area contributed by atoms with Crippen molar-refractivity contribution < 1.29 is 19.4 Å². The maximum Gasteiger partial charge on any atom is 0.306 e. The van der Waals surface area contributed by atoms with Crippen molar-refractivity contribution in [2.24, 2.45) is 0 Å². The highest BCUT2D eigenvalue weighted by molar-refractivity contribution is 5.69. The number of allylic oxidation sites excluding steroid dienone is 6. The first-order valence-electron chi connectivity index (χ1n) is 19.6. The summed E-state index contributed by atoms with van der Waals surface area (Å²) < 4.78 is 11.1. The van der Waals surface area contributed by atoms with Gasteiger partial charge >= 0.3 is 5.97 Å². The van der Waals surface area contributed by atoms with Gasteiger partial charge in [-0.3, -0.25) is 4.79 Å². The molecule has 4 heteroatoms. The summed E-state index contributed by atoms with van der Waals surface area (Å²) in [6, 6.07) is 0. The zero-order valence-electron chi connectivity index (χ0n) is 30.1. The Morgan fingerprint density at radius 1 is 0.533 bits per heavy atom. The number of aliphatic hydroxyl groups excluding tert-OH is 1. The van der Waals surface area contributed by atoms with Gasteiger partial charge in [-0.15, -0.1) is 0 Å². The van der Waals surface area contributed by atoms with Crippen molar-refractivity contribution in [3.63, 3.8) is 0 Å². The lowest BCUT2D eigenvalue weighted by Crippen LogP contribution is -2.27. The van der Waals surface area contributed by atoms with Crippen LogP contribution in [0.25, 0.3) is 0 Å². The molecule has 0 amide bonds. The van der Waals surface area contributed by atoms with E-state index in [2.05, 4.69) is 50.3 Å². The van der Waals surface area contributed by atoms with E-state index in [-0.39, 0.29) is 12.6 Å². The van der Waals surface area contributed by atoms with Crippen molar-refractivity contribution in [1.29, 1.82) is 0 Å². The van der Waals surface area contributed by atoms with Gasteiger partial charge < -0.3 is 14.6 Å². The predicted octanol–water partition coefficient (Wildman–Crippen LogP) is 12.5. The van der Waals surface area contributed by atoms with Gasteiger partial charge in [-0.05, 0) is 51.4 Å². The summed E-state index contributed by atoms with van der Waals surface area (Å²) in [5.41, 5.74) is 0. The standard InChI is InChI=1S/C41H76O4/c1-3-5-7-9-11-13-14-15-16-17-18-19-20-21-22-23-24-25-26-27-29-31-33-35-37-44-39-40(38-42)45-41(43)36-34-32-30-28-12-10-8-6-4-2/h14-15,17-18,20-21,40,42H,3-13,16,19,22-39H2,1-2H3/b15-14-,18-17-,21-20-. The molecule has 0 aliphatic heterocycles. The number of aliphatic hydroxyl groups is 1. The van der Waals surface area contributed by atoms with E-state index in [9.17, 15) is 9.90 Å². The van der Waals surface area contributed by atoms with E-state index in [0.717, 1.165) is 32.1 Å². The van der Waals surface area contributed by atoms with Gasteiger partial charge in [0.1, 0.15) is 6.10 Å². The van der Waals surface area contributed by atoms with E-state index in [1.165, 1.54) is 141 Å². The summed E-state index contributed by atoms with van der Waals surface area (Å²) in [7, 11) is 0. The molecule has 0 aliphatic carbocycles. The van der Waals surface area contributed by atoms with E-state index in [4.69, 9.17) is 9.47 Å². The first-order chi connectivity index (χ1) is 22.2. The molecule has 1 unspecified atom stereocenters. The molecule has 1 N–H and O–H groups in total. The first-order valence-corrected chi connectivity index (χ1v) is 19.6. The number of unbranched alkanes of at least 4 members (excludes halogenated alkanes) is 22. The van der Waals surface area contributed by atoms with Crippen LogP contribution in [0.5, 0.6) is 0 Å². The third-order valence-corrected chi connectivity index (χ3v) is 8.47. The molecule has 0 spiro atoms. The molecule has 0 heterocycles. The average molecular weight is 633 g/mol. The maximum atomic E-state index is 12.1. The summed E-state index contributed by atoms with van der Waals surface area (Å²) in [5.74, 6) is -0.206. The van der Waals surface area contributed by atoms with Gasteiger partial charge in [-0.2, -0.15) is 0 Å². The molecule has 0 bridgehead atoms. The summed E-state index contributed by atoms with van der Waals surface area (Å²) in [4.78, 5) is 12.1. The molecule has 0 aromatic heterocycles. The Morgan fingerprint density at radius 2 is 0.933 bits per heavy atom. The molecular weight excluding hydrogens is 556 g/mol. The minimum atomic E-state index is -0.532. The number of carbonyl (C=O) groups excluding carboxylic acids is 1. The maximum absolute atomic E-state index is 12.1. The SMILES string of the molecule is CCCCCCC/C=C\C/C=C\C/C=C\CCCCCCCCCCCOCC(CO)OC(=O)CCCCCCCCCCC. The van der Waals surface area contributed by atoms with Crippen molar-refractivity contribution in [1.82, 2.24) is 0 Å². The zero-order chi connectivity index (χ0) is 32.7. The molecular formula is C41H76O4. The Kier molecular flexibility index (Phi) is 37.6. The van der Waals surface area contributed by atoms with Crippen LogP contribution in [0.1, 0.15) is 194 Å². The fourth-order valence-corrected chi connectivity index (χ4v) is 5.51. The Balaban J connectivity index is 3.42. The van der Waals surface area contributed by atoms with Crippen LogP contribution in [0.2, 0.25) is 0 Å². The van der Waals surface area contributed by atoms with Crippen molar-refractivity contribution in [3.8, 4) is 0 Å². The van der Waals surface area contributed by atoms with E-state index in [1.807, 2.05) is 0 Å². The third-order valence-electron chi connectivity index (χ3n) is 8.47. The van der Waals surface area contributed by atoms with Crippen molar-refractivity contribution >= 4 is 5.97 Å². The zero-order valence-corrected chi connectivity index (χ0v) is 30.1. The fourth-order valence-electron chi connectivity index (χ4n) is 5.51. The number of rotatable bonds is 36. The highest BCUT2D eigenvalue weighted by Gasteiger charge is 2.13. The molecule has 0 rings (SSSR count). The van der Waals surface area contributed by atoms with Gasteiger partial charge in [0.05, 0.1) is 13.2 Å². The summed E-state index contributed by atoms with van der Waals surface area (Å²) in [5, 5.41) is 9.53. The van der Waals surface area contributed by atoms with Crippen LogP contribution >= 0.6 is 0 Å². The molecule has 45 heavy (non-hydrogen) atoms. The lowest BCUT2D eigenvalue weighted by Gasteiger charge is -2.16. The van der Waals surface area contributed by atoms with Gasteiger partial charge in [0.15, 0.2) is 0 Å². The fraction of sp³-hybridized carbons (Fsp3) is 0.829. The molecule has 0 saturated heterocycles. The van der Waals surface area contributed by atoms with Gasteiger partial charge in [0.25, 0.3) is 0 Å².